The summed E-state index contributed by atoms with van der Waals surface area (Å²) >= 11 is 0. The van der Waals surface area contributed by atoms with Gasteiger partial charge in [0.05, 0.1) is 11.6 Å². The second-order valence-electron chi connectivity index (χ2n) is 3.86. The fourth-order valence-corrected chi connectivity index (χ4v) is 1.81. The fourth-order valence-electron chi connectivity index (χ4n) is 1.81. The third kappa shape index (κ3) is 2.34. The number of nitrogens with zero attached hydrogens (tertiary/aromatic N) is 1. The van der Waals surface area contributed by atoms with Crippen molar-refractivity contribution in [3.05, 3.63) is 59.4 Å². The summed E-state index contributed by atoms with van der Waals surface area (Å²) in [4.78, 5) is 0. The fraction of sp³-hybridized carbons (Fsp3) is 0.133. The van der Waals surface area contributed by atoms with Crippen LogP contribution in [0.2, 0.25) is 0 Å². The van der Waals surface area contributed by atoms with Gasteiger partial charge >= 0.3 is 0 Å². The predicted molar refractivity (Wildman–Crippen MR) is 65.9 cm³/mol. The summed E-state index contributed by atoms with van der Waals surface area (Å²) < 4.78 is 13.2. The molecular formula is C15H12FN. The molecule has 2 rings (SSSR count). The summed E-state index contributed by atoms with van der Waals surface area (Å²) in [6, 6.07) is 14.2. The van der Waals surface area contributed by atoms with E-state index >= 15 is 0 Å². The molecule has 0 unspecified atom stereocenters. The first-order chi connectivity index (χ1) is 8.24. The highest BCUT2D eigenvalue weighted by molar-refractivity contribution is 5.71. The topological polar surface area (TPSA) is 23.8 Å². The first kappa shape index (κ1) is 11.3. The van der Waals surface area contributed by atoms with E-state index in [4.69, 9.17) is 5.26 Å². The van der Waals surface area contributed by atoms with Crippen LogP contribution in [0.4, 0.5) is 4.39 Å². The van der Waals surface area contributed by atoms with Gasteiger partial charge in [-0.25, -0.2) is 4.39 Å². The van der Waals surface area contributed by atoms with E-state index < -0.39 is 0 Å². The van der Waals surface area contributed by atoms with Gasteiger partial charge < -0.3 is 0 Å². The van der Waals surface area contributed by atoms with Crippen molar-refractivity contribution in [3.8, 4) is 17.2 Å². The van der Waals surface area contributed by atoms with Crippen molar-refractivity contribution in [1.82, 2.24) is 0 Å². The first-order valence-electron chi connectivity index (χ1n) is 5.53. The zero-order valence-corrected chi connectivity index (χ0v) is 9.57. The van der Waals surface area contributed by atoms with Crippen LogP contribution in [0.3, 0.4) is 0 Å². The Labute approximate surface area is 100 Å². The maximum absolute atomic E-state index is 13.2. The minimum Gasteiger partial charge on any atom is -0.207 e. The second-order valence-corrected chi connectivity index (χ2v) is 3.86. The minimum atomic E-state index is -0.319. The summed E-state index contributed by atoms with van der Waals surface area (Å²) in [6.45, 7) is 2.07. The Kier molecular flexibility index (Phi) is 3.20. The van der Waals surface area contributed by atoms with Gasteiger partial charge in [0.1, 0.15) is 5.82 Å². The summed E-state index contributed by atoms with van der Waals surface area (Å²) in [7, 11) is 0. The Hall–Kier alpha value is -2.14. The lowest BCUT2D eigenvalue weighted by Gasteiger charge is -2.06. The summed E-state index contributed by atoms with van der Waals surface area (Å²) in [5.41, 5.74) is 3.22. The van der Waals surface area contributed by atoms with Crippen molar-refractivity contribution in [1.29, 1.82) is 5.26 Å². The van der Waals surface area contributed by atoms with Crippen molar-refractivity contribution in [2.24, 2.45) is 0 Å². The molecule has 0 saturated heterocycles. The van der Waals surface area contributed by atoms with Gasteiger partial charge in [-0.2, -0.15) is 5.26 Å². The van der Waals surface area contributed by atoms with Crippen molar-refractivity contribution in [2.75, 3.05) is 0 Å². The standard InChI is InChI=1S/C15H12FN/c1-2-11-4-3-5-12(8-11)15-9-14(16)7-6-13(15)10-17/h3-9H,2H2,1H3. The average molecular weight is 225 g/mol. The largest absolute Gasteiger partial charge is 0.207 e. The van der Waals surface area contributed by atoms with E-state index in [1.165, 1.54) is 23.8 Å². The molecule has 0 N–H and O–H groups in total. The van der Waals surface area contributed by atoms with Crippen LogP contribution in [0.25, 0.3) is 11.1 Å². The molecule has 0 heterocycles. The van der Waals surface area contributed by atoms with Crippen LogP contribution in [0, 0.1) is 17.1 Å². The highest BCUT2D eigenvalue weighted by Crippen LogP contribution is 2.25. The molecule has 0 aliphatic carbocycles. The van der Waals surface area contributed by atoms with E-state index in [1.807, 2.05) is 24.3 Å². The molecule has 0 spiro atoms. The molecule has 0 amide bonds. The van der Waals surface area contributed by atoms with E-state index in [0.29, 0.717) is 11.1 Å². The molecule has 0 radical (unpaired) electrons. The van der Waals surface area contributed by atoms with Crippen molar-refractivity contribution in [3.63, 3.8) is 0 Å². The van der Waals surface area contributed by atoms with Gasteiger partial charge in [0, 0.05) is 5.56 Å². The predicted octanol–water partition coefficient (Wildman–Crippen LogP) is 3.93. The number of hydrogen-bond donors (Lipinski definition) is 0. The maximum Gasteiger partial charge on any atom is 0.123 e. The van der Waals surface area contributed by atoms with Crippen molar-refractivity contribution in [2.45, 2.75) is 13.3 Å². The quantitative estimate of drug-likeness (QED) is 0.759. The van der Waals surface area contributed by atoms with Gasteiger partial charge in [-0.1, -0.05) is 31.2 Å². The molecule has 0 bridgehead atoms. The molecule has 1 nitrogen and oxygen atoms in total. The number of halogens is 1. The molecule has 2 heteroatoms. The number of aryl methyl sites for hydroxylation is 1. The van der Waals surface area contributed by atoms with Crippen LogP contribution < -0.4 is 0 Å². The number of rotatable bonds is 2. The van der Waals surface area contributed by atoms with Gasteiger partial charge in [-0.15, -0.1) is 0 Å². The monoisotopic (exact) mass is 225 g/mol. The zero-order chi connectivity index (χ0) is 12.3. The number of benzene rings is 2. The van der Waals surface area contributed by atoms with Gasteiger partial charge in [-0.3, -0.25) is 0 Å². The number of nitriles is 1. The van der Waals surface area contributed by atoms with Crippen LogP contribution >= 0.6 is 0 Å². The molecule has 17 heavy (non-hydrogen) atoms. The Bertz CT molecular complexity index is 582. The molecular weight excluding hydrogens is 213 g/mol. The molecule has 0 saturated carbocycles. The zero-order valence-electron chi connectivity index (χ0n) is 9.57. The maximum atomic E-state index is 13.2. The third-order valence-electron chi connectivity index (χ3n) is 2.75. The van der Waals surface area contributed by atoms with Crippen molar-refractivity contribution >= 4 is 0 Å². The summed E-state index contributed by atoms with van der Waals surface area (Å²) in [5.74, 6) is -0.319. The van der Waals surface area contributed by atoms with Gasteiger partial charge in [0.15, 0.2) is 0 Å². The van der Waals surface area contributed by atoms with E-state index in [0.717, 1.165) is 12.0 Å². The Balaban J connectivity index is 2.59. The lowest BCUT2D eigenvalue weighted by molar-refractivity contribution is 0.628. The average Bonchev–Trinajstić information content (AvgIpc) is 2.39. The van der Waals surface area contributed by atoms with Crippen LogP contribution in [0.1, 0.15) is 18.1 Å². The second kappa shape index (κ2) is 4.80. The molecule has 0 atom stereocenters. The highest BCUT2D eigenvalue weighted by Gasteiger charge is 2.06. The minimum absolute atomic E-state index is 0.319. The van der Waals surface area contributed by atoms with E-state index in [2.05, 4.69) is 13.0 Å². The van der Waals surface area contributed by atoms with Gasteiger partial charge in [-0.05, 0) is 35.7 Å². The lowest BCUT2D eigenvalue weighted by Crippen LogP contribution is -1.88. The number of hydrogen-bond acceptors (Lipinski definition) is 1. The lowest BCUT2D eigenvalue weighted by atomic mass is 9.98. The Morgan fingerprint density at radius 1 is 1.18 bits per heavy atom. The molecule has 2 aromatic carbocycles. The van der Waals surface area contributed by atoms with Crippen molar-refractivity contribution < 1.29 is 4.39 Å². The van der Waals surface area contributed by atoms with Gasteiger partial charge in [0.25, 0.3) is 0 Å². The van der Waals surface area contributed by atoms with Crippen LogP contribution in [0.5, 0.6) is 0 Å². The van der Waals surface area contributed by atoms with Crippen LogP contribution in [-0.2, 0) is 6.42 Å². The summed E-state index contributed by atoms with van der Waals surface area (Å²) in [6.07, 6.45) is 0.922. The molecule has 0 aliphatic heterocycles. The molecule has 0 aliphatic rings. The molecule has 0 aromatic heterocycles. The Morgan fingerprint density at radius 3 is 2.71 bits per heavy atom. The molecule has 0 fully saturated rings. The van der Waals surface area contributed by atoms with E-state index in [1.54, 1.807) is 0 Å². The van der Waals surface area contributed by atoms with Crippen LogP contribution in [-0.4, -0.2) is 0 Å². The Morgan fingerprint density at radius 2 is 2.00 bits per heavy atom. The smallest absolute Gasteiger partial charge is 0.123 e. The SMILES string of the molecule is CCc1cccc(-c2cc(F)ccc2C#N)c1. The third-order valence-corrected chi connectivity index (χ3v) is 2.75. The normalized spacial score (nSPS) is 9.94. The highest BCUT2D eigenvalue weighted by atomic mass is 19.1. The van der Waals surface area contributed by atoms with E-state index in [9.17, 15) is 4.39 Å². The van der Waals surface area contributed by atoms with Gasteiger partial charge in [0.2, 0.25) is 0 Å². The van der Waals surface area contributed by atoms with Crippen LogP contribution in [0.15, 0.2) is 42.5 Å². The summed E-state index contributed by atoms with van der Waals surface area (Å²) in [5, 5.41) is 9.02. The molecule has 84 valence electrons. The first-order valence-corrected chi connectivity index (χ1v) is 5.53. The van der Waals surface area contributed by atoms with E-state index in [-0.39, 0.29) is 5.82 Å². The molecule has 2 aromatic rings.